The van der Waals surface area contributed by atoms with Crippen molar-refractivity contribution in [3.8, 4) is 0 Å². The van der Waals surface area contributed by atoms with Gasteiger partial charge >= 0.3 is 25.8 Å². The van der Waals surface area contributed by atoms with E-state index in [4.69, 9.17) is 0 Å². The molecule has 0 atom stereocenters. The number of hydrogen-bond donors (Lipinski definition) is 0. The minimum Gasteiger partial charge on any atom is -1.00 e. The van der Waals surface area contributed by atoms with E-state index in [0.29, 0.717) is 0 Å². The van der Waals surface area contributed by atoms with Crippen LogP contribution in [0.2, 0.25) is 0 Å². The van der Waals surface area contributed by atoms with E-state index in [0.717, 1.165) is 12.8 Å². The number of hydrogen-bond acceptors (Lipinski definition) is 0. The van der Waals surface area contributed by atoms with Gasteiger partial charge in [-0.2, -0.15) is 17.2 Å². The van der Waals surface area contributed by atoms with Crippen LogP contribution in [-0.2, 0) is 25.8 Å². The molecule has 0 aromatic carbocycles. The van der Waals surface area contributed by atoms with Crippen molar-refractivity contribution in [3.63, 3.8) is 0 Å². The number of rotatable bonds is 0. The molecule has 74 valence electrons. The zero-order valence-electron chi connectivity index (χ0n) is 11.1. The van der Waals surface area contributed by atoms with Gasteiger partial charge in [-0.15, -0.1) is 19.8 Å². The third-order valence-electron chi connectivity index (χ3n) is 2.41. The Morgan fingerprint density at radius 2 is 2.00 bits per heavy atom. The molecule has 2 aliphatic rings. The molecule has 0 saturated carbocycles. The molecular formula is C13H18Hf. The largest absolute Gasteiger partial charge is 4.00 e. The molecule has 0 bridgehead atoms. The van der Waals surface area contributed by atoms with Crippen molar-refractivity contribution in [2.45, 2.75) is 33.6 Å². The fourth-order valence-electron chi connectivity index (χ4n) is 1.19. The van der Waals surface area contributed by atoms with Gasteiger partial charge < -0.3 is 2.85 Å². The van der Waals surface area contributed by atoms with Gasteiger partial charge in [0.15, 0.2) is 0 Å². The molecule has 0 fully saturated rings. The topological polar surface area (TPSA) is 0 Å². The van der Waals surface area contributed by atoms with Crippen molar-refractivity contribution in [2.75, 3.05) is 0 Å². The van der Waals surface area contributed by atoms with Gasteiger partial charge in [-0.25, -0.2) is 17.7 Å². The van der Waals surface area contributed by atoms with Crippen molar-refractivity contribution in [1.29, 1.82) is 0 Å². The van der Waals surface area contributed by atoms with Crippen LogP contribution in [0.25, 0.3) is 0 Å². The summed E-state index contributed by atoms with van der Waals surface area (Å²) in [5, 5.41) is 0. The summed E-state index contributed by atoms with van der Waals surface area (Å²) < 4.78 is 0. The SMILES string of the molecule is CC1=[C-]CC(C)=C1C.[C-]1=CC=CC1.[H-].[H-].[Hf+4]. The predicted molar refractivity (Wildman–Crippen MR) is 59.2 cm³/mol. The maximum atomic E-state index is 3.26. The second kappa shape index (κ2) is 7.17. The molecule has 0 nitrogen and oxygen atoms in total. The Balaban J connectivity index is -0.000000189. The smallest absolute Gasteiger partial charge is 1.00 e. The van der Waals surface area contributed by atoms with Gasteiger partial charge in [0.25, 0.3) is 0 Å². The van der Waals surface area contributed by atoms with Crippen molar-refractivity contribution in [3.05, 3.63) is 47.1 Å². The van der Waals surface area contributed by atoms with E-state index in [1.54, 1.807) is 0 Å². The van der Waals surface area contributed by atoms with E-state index in [1.165, 1.54) is 16.7 Å². The minimum absolute atomic E-state index is 0. The Kier molecular flexibility index (Phi) is 7.08. The average Bonchev–Trinajstić information content (AvgIpc) is 2.75. The molecule has 0 aliphatic heterocycles. The Morgan fingerprint density at radius 3 is 2.14 bits per heavy atom. The molecule has 0 amide bonds. The monoisotopic (exact) mass is 354 g/mol. The summed E-state index contributed by atoms with van der Waals surface area (Å²) in [6, 6.07) is 0. The zero-order valence-corrected chi connectivity index (χ0v) is 12.7. The molecule has 0 saturated heterocycles. The Bertz CT molecular complexity index is 284. The van der Waals surface area contributed by atoms with Gasteiger partial charge in [-0.3, -0.25) is 12.2 Å². The van der Waals surface area contributed by atoms with Crippen LogP contribution in [0.5, 0.6) is 0 Å². The molecule has 2 rings (SSSR count). The molecule has 1 heteroatoms. The maximum absolute atomic E-state index is 3.26. The molecule has 2 aliphatic carbocycles. The first-order valence-electron chi connectivity index (χ1n) is 4.67. The first-order valence-corrected chi connectivity index (χ1v) is 4.67. The summed E-state index contributed by atoms with van der Waals surface area (Å²) in [5.74, 6) is 0. The van der Waals surface area contributed by atoms with E-state index < -0.39 is 0 Å². The standard InChI is InChI=1S/C8H11.C5H5.Hf.2H/c1-6-4-5-7(2)8(6)3;1-2-4-5-3-1;;;/h4H2,1-3H3;1-3H,4H2;;;/q2*-1;+4;2*-1. The Labute approximate surface area is 109 Å². The summed E-state index contributed by atoms with van der Waals surface area (Å²) >= 11 is 0. The third-order valence-corrected chi connectivity index (χ3v) is 2.41. The van der Waals surface area contributed by atoms with Crippen LogP contribution < -0.4 is 0 Å². The van der Waals surface area contributed by atoms with Crippen LogP contribution in [0.4, 0.5) is 0 Å². The van der Waals surface area contributed by atoms with E-state index >= 15 is 0 Å². The first kappa shape index (κ1) is 13.8. The summed E-state index contributed by atoms with van der Waals surface area (Å²) in [4.78, 5) is 0. The summed E-state index contributed by atoms with van der Waals surface area (Å²) in [5.41, 5.74) is 4.25. The van der Waals surface area contributed by atoms with Crippen molar-refractivity contribution in [1.82, 2.24) is 0 Å². The molecule has 0 spiro atoms. The fraction of sp³-hybridized carbons (Fsp3) is 0.385. The molecular weight excluding hydrogens is 335 g/mol. The molecule has 0 unspecified atom stereocenters. The van der Waals surface area contributed by atoms with Crippen molar-refractivity contribution in [2.24, 2.45) is 0 Å². The molecule has 0 heterocycles. The molecule has 0 aromatic heterocycles. The summed E-state index contributed by atoms with van der Waals surface area (Å²) in [7, 11) is 0. The molecule has 14 heavy (non-hydrogen) atoms. The van der Waals surface area contributed by atoms with Crippen molar-refractivity contribution < 1.29 is 28.7 Å². The second-order valence-corrected chi connectivity index (χ2v) is 3.39. The van der Waals surface area contributed by atoms with E-state index in [9.17, 15) is 0 Å². The van der Waals surface area contributed by atoms with E-state index in [1.807, 2.05) is 12.2 Å². The van der Waals surface area contributed by atoms with Crippen LogP contribution in [0.1, 0.15) is 36.5 Å². The minimum atomic E-state index is 0. The summed E-state index contributed by atoms with van der Waals surface area (Å²) in [6.45, 7) is 6.44. The summed E-state index contributed by atoms with van der Waals surface area (Å²) in [6.07, 6.45) is 14.3. The third kappa shape index (κ3) is 4.36. The normalized spacial score (nSPS) is 17.5. The second-order valence-electron chi connectivity index (χ2n) is 3.39. The Morgan fingerprint density at radius 1 is 1.29 bits per heavy atom. The van der Waals surface area contributed by atoms with Crippen LogP contribution in [-0.4, -0.2) is 0 Å². The van der Waals surface area contributed by atoms with Gasteiger partial charge in [-0.05, 0) is 0 Å². The predicted octanol–water partition coefficient (Wildman–Crippen LogP) is 4.00. The van der Waals surface area contributed by atoms with Crippen LogP contribution >= 0.6 is 0 Å². The van der Waals surface area contributed by atoms with Crippen LogP contribution in [0.15, 0.2) is 34.9 Å². The zero-order chi connectivity index (χ0) is 9.68. The Hall–Kier alpha value is -0.170. The van der Waals surface area contributed by atoms with Gasteiger partial charge in [0.05, 0.1) is 0 Å². The molecule has 0 aromatic rings. The number of allylic oxidation sites excluding steroid dienone is 8. The quantitative estimate of drug-likeness (QED) is 0.456. The fourth-order valence-corrected chi connectivity index (χ4v) is 1.19. The van der Waals surface area contributed by atoms with Gasteiger partial charge in [0.2, 0.25) is 0 Å². The van der Waals surface area contributed by atoms with Crippen molar-refractivity contribution >= 4 is 0 Å². The van der Waals surface area contributed by atoms with Gasteiger partial charge in [0.1, 0.15) is 0 Å². The molecule has 0 radical (unpaired) electrons. The van der Waals surface area contributed by atoms with E-state index in [-0.39, 0.29) is 28.7 Å². The van der Waals surface area contributed by atoms with Gasteiger partial charge in [-0.1, -0.05) is 13.8 Å². The van der Waals surface area contributed by atoms with Crippen LogP contribution in [0, 0.1) is 12.2 Å². The van der Waals surface area contributed by atoms with Crippen LogP contribution in [0.3, 0.4) is 0 Å². The first-order chi connectivity index (χ1) is 6.22. The molecule has 0 N–H and O–H groups in total. The average molecular weight is 353 g/mol. The maximum Gasteiger partial charge on any atom is 4.00 e. The van der Waals surface area contributed by atoms with E-state index in [2.05, 4.69) is 39.0 Å². The van der Waals surface area contributed by atoms with Gasteiger partial charge in [0, 0.05) is 0 Å².